The fourth-order valence-corrected chi connectivity index (χ4v) is 13.0. The van der Waals surface area contributed by atoms with Crippen LogP contribution in [0.2, 0.25) is 0 Å². The van der Waals surface area contributed by atoms with Crippen LogP contribution in [-0.4, -0.2) is 4.57 Å². The molecule has 0 aliphatic carbocycles. The van der Waals surface area contributed by atoms with Gasteiger partial charge in [0.2, 0.25) is 0 Å². The zero-order valence-electron chi connectivity index (χ0n) is 34.0. The number of fused-ring (bicyclic) bond motifs is 15. The van der Waals surface area contributed by atoms with Crippen molar-refractivity contribution < 1.29 is 0 Å². The lowest BCUT2D eigenvalue weighted by atomic mass is 9.92. The van der Waals surface area contributed by atoms with Gasteiger partial charge >= 0.3 is 0 Å². The maximum atomic E-state index is 2.48. The SMILES string of the molecule is c1cc(-c2ccc3c4ccccc4c4ccccc4c3c2)cc(-n2c3ccc(-c4cccc5c4sc4ccccc45)cc3c3cc(-c4cccc5c4sc4ccccc45)ccc32)c1. The van der Waals surface area contributed by atoms with Gasteiger partial charge < -0.3 is 4.57 Å². The summed E-state index contributed by atoms with van der Waals surface area (Å²) >= 11 is 3.79. The maximum Gasteiger partial charge on any atom is 0.0541 e. The fourth-order valence-electron chi connectivity index (χ4n) is 10.5. The molecule has 63 heavy (non-hydrogen) atoms. The number of benzene rings is 11. The Morgan fingerprint density at radius 1 is 0.254 bits per heavy atom. The minimum atomic E-state index is 1.15. The van der Waals surface area contributed by atoms with Gasteiger partial charge in [-0.05, 0) is 120 Å². The highest BCUT2D eigenvalue weighted by atomic mass is 32.1. The van der Waals surface area contributed by atoms with E-state index in [1.165, 1.54) is 128 Å². The van der Waals surface area contributed by atoms with Crippen molar-refractivity contribution in [1.29, 1.82) is 0 Å². The smallest absolute Gasteiger partial charge is 0.0541 e. The molecular formula is C60H35NS2. The zero-order valence-corrected chi connectivity index (χ0v) is 35.6. The lowest BCUT2D eigenvalue weighted by molar-refractivity contribution is 1.18. The Hall–Kier alpha value is -7.56. The van der Waals surface area contributed by atoms with Crippen molar-refractivity contribution >= 4 is 117 Å². The van der Waals surface area contributed by atoms with E-state index < -0.39 is 0 Å². The zero-order chi connectivity index (χ0) is 41.2. The van der Waals surface area contributed by atoms with Gasteiger partial charge in [-0.3, -0.25) is 0 Å². The van der Waals surface area contributed by atoms with Crippen LogP contribution in [-0.2, 0) is 0 Å². The van der Waals surface area contributed by atoms with Crippen molar-refractivity contribution in [2.75, 3.05) is 0 Å². The van der Waals surface area contributed by atoms with Gasteiger partial charge in [0, 0.05) is 56.8 Å². The van der Waals surface area contributed by atoms with Crippen LogP contribution in [0, 0.1) is 0 Å². The highest BCUT2D eigenvalue weighted by molar-refractivity contribution is 7.26. The third-order valence-corrected chi connectivity index (χ3v) is 15.8. The minimum Gasteiger partial charge on any atom is -0.309 e. The first-order valence-corrected chi connectivity index (χ1v) is 23.2. The van der Waals surface area contributed by atoms with Crippen LogP contribution in [0.5, 0.6) is 0 Å². The van der Waals surface area contributed by atoms with E-state index >= 15 is 0 Å². The number of nitrogens with zero attached hydrogens (tertiary/aromatic N) is 1. The van der Waals surface area contributed by atoms with Gasteiger partial charge in [0.1, 0.15) is 0 Å². The molecule has 0 bridgehead atoms. The summed E-state index contributed by atoms with van der Waals surface area (Å²) in [7, 11) is 0. The molecule has 292 valence electrons. The average molecular weight is 834 g/mol. The predicted octanol–water partition coefficient (Wildman–Crippen LogP) is 18.0. The monoisotopic (exact) mass is 833 g/mol. The fraction of sp³-hybridized carbons (Fsp3) is 0. The Labute approximate surface area is 370 Å². The maximum absolute atomic E-state index is 2.48. The molecule has 0 aliphatic heterocycles. The van der Waals surface area contributed by atoms with Crippen LogP contribution in [0.4, 0.5) is 0 Å². The molecule has 0 atom stereocenters. The molecule has 0 N–H and O–H groups in total. The van der Waals surface area contributed by atoms with E-state index in [4.69, 9.17) is 0 Å². The summed E-state index contributed by atoms with van der Waals surface area (Å²) < 4.78 is 7.80. The molecule has 0 saturated heterocycles. The lowest BCUT2D eigenvalue weighted by Crippen LogP contribution is -1.94. The van der Waals surface area contributed by atoms with Crippen LogP contribution in [0.3, 0.4) is 0 Å². The highest BCUT2D eigenvalue weighted by Gasteiger charge is 2.19. The molecule has 3 heterocycles. The van der Waals surface area contributed by atoms with Gasteiger partial charge in [-0.15, -0.1) is 22.7 Å². The molecule has 0 spiro atoms. The third-order valence-electron chi connectivity index (χ3n) is 13.4. The molecule has 0 fully saturated rings. The Balaban J connectivity index is 0.990. The Bertz CT molecular complexity index is 4010. The number of aromatic nitrogens is 1. The minimum absolute atomic E-state index is 1.15. The van der Waals surface area contributed by atoms with Crippen molar-refractivity contribution in [3.8, 4) is 39.1 Å². The molecule has 3 aromatic heterocycles. The summed E-state index contributed by atoms with van der Waals surface area (Å²) in [6.07, 6.45) is 0. The number of hydrogen-bond acceptors (Lipinski definition) is 2. The van der Waals surface area contributed by atoms with E-state index in [2.05, 4.69) is 217 Å². The van der Waals surface area contributed by atoms with E-state index in [1.807, 2.05) is 22.7 Å². The summed E-state index contributed by atoms with van der Waals surface area (Å²) in [6, 6.07) is 79.2. The van der Waals surface area contributed by atoms with Gasteiger partial charge in [-0.1, -0.05) is 158 Å². The summed E-state index contributed by atoms with van der Waals surface area (Å²) in [6.45, 7) is 0. The van der Waals surface area contributed by atoms with Gasteiger partial charge in [-0.2, -0.15) is 0 Å². The topological polar surface area (TPSA) is 4.93 Å². The molecule has 0 amide bonds. The second kappa shape index (κ2) is 13.5. The average Bonchev–Trinajstić information content (AvgIpc) is 4.03. The first kappa shape index (κ1) is 35.1. The number of hydrogen-bond donors (Lipinski definition) is 0. The second-order valence-electron chi connectivity index (χ2n) is 16.8. The van der Waals surface area contributed by atoms with Crippen molar-refractivity contribution in [1.82, 2.24) is 4.57 Å². The molecular weight excluding hydrogens is 799 g/mol. The van der Waals surface area contributed by atoms with E-state index in [-0.39, 0.29) is 0 Å². The number of thiophene rings is 2. The molecule has 11 aromatic carbocycles. The van der Waals surface area contributed by atoms with E-state index in [0.717, 1.165) is 5.69 Å². The molecule has 3 heteroatoms. The van der Waals surface area contributed by atoms with Crippen molar-refractivity contribution in [3.63, 3.8) is 0 Å². The molecule has 1 nitrogen and oxygen atoms in total. The summed E-state index contributed by atoms with van der Waals surface area (Å²) in [4.78, 5) is 0. The van der Waals surface area contributed by atoms with Crippen LogP contribution in [0.1, 0.15) is 0 Å². The normalized spacial score (nSPS) is 12.1. The summed E-state index contributed by atoms with van der Waals surface area (Å²) in [5.74, 6) is 0. The van der Waals surface area contributed by atoms with Gasteiger partial charge in [0.15, 0.2) is 0 Å². The largest absolute Gasteiger partial charge is 0.309 e. The van der Waals surface area contributed by atoms with Crippen molar-refractivity contribution in [2.45, 2.75) is 0 Å². The van der Waals surface area contributed by atoms with Crippen molar-refractivity contribution in [3.05, 3.63) is 212 Å². The van der Waals surface area contributed by atoms with Gasteiger partial charge in [0.25, 0.3) is 0 Å². The van der Waals surface area contributed by atoms with E-state index in [0.29, 0.717) is 0 Å². The molecule has 0 unspecified atom stereocenters. The Kier molecular flexibility index (Phi) is 7.50. The standard InChI is InChI=1S/C60H35NS2/c1-2-16-45-43(14-1)44-15-3-4-17-46(44)52-33-37(26-29-47(45)52)36-12-9-13-40(32-36)61-55-30-27-38(41-20-10-22-50-48-18-5-7-24-57(48)62-59(41)50)34-53(55)54-35-39(28-31-56(54)61)42-21-11-23-51-49-19-6-8-25-58(49)63-60(42)51/h1-35H. The number of rotatable bonds is 4. The summed E-state index contributed by atoms with van der Waals surface area (Å²) in [5, 5.41) is 15.5. The molecule has 0 aliphatic rings. The van der Waals surface area contributed by atoms with Gasteiger partial charge in [-0.25, -0.2) is 0 Å². The Morgan fingerprint density at radius 3 is 1.22 bits per heavy atom. The highest BCUT2D eigenvalue weighted by Crippen LogP contribution is 2.45. The quantitative estimate of drug-likeness (QED) is 0.156. The molecule has 0 saturated carbocycles. The molecule has 14 rings (SSSR count). The second-order valence-corrected chi connectivity index (χ2v) is 18.9. The van der Waals surface area contributed by atoms with E-state index in [1.54, 1.807) is 0 Å². The van der Waals surface area contributed by atoms with Crippen LogP contribution in [0.25, 0.3) is 134 Å². The molecule has 0 radical (unpaired) electrons. The van der Waals surface area contributed by atoms with Gasteiger partial charge in [0.05, 0.1) is 11.0 Å². The lowest BCUT2D eigenvalue weighted by Gasteiger charge is -2.13. The summed E-state index contributed by atoms with van der Waals surface area (Å²) in [5.41, 5.74) is 11.0. The predicted molar refractivity (Wildman–Crippen MR) is 275 cm³/mol. The first-order valence-electron chi connectivity index (χ1n) is 21.6. The van der Waals surface area contributed by atoms with Crippen LogP contribution < -0.4 is 0 Å². The van der Waals surface area contributed by atoms with Crippen molar-refractivity contribution in [2.24, 2.45) is 0 Å². The third kappa shape index (κ3) is 5.21. The van der Waals surface area contributed by atoms with Crippen LogP contribution in [0.15, 0.2) is 212 Å². The molecule has 14 aromatic rings. The Morgan fingerprint density at radius 2 is 0.667 bits per heavy atom. The first-order chi connectivity index (χ1) is 31.2. The van der Waals surface area contributed by atoms with E-state index in [9.17, 15) is 0 Å². The van der Waals surface area contributed by atoms with Crippen LogP contribution >= 0.6 is 22.7 Å².